The Morgan fingerprint density at radius 1 is 1.50 bits per heavy atom. The number of halogens is 1. The van der Waals surface area contributed by atoms with Gasteiger partial charge in [-0.05, 0) is 6.92 Å². The minimum atomic E-state index is -0.171. The third-order valence-electron chi connectivity index (χ3n) is 1.20. The van der Waals surface area contributed by atoms with Crippen LogP contribution >= 0.6 is 11.6 Å². The smallest absolute Gasteiger partial charge is 0.160 e. The molecule has 0 saturated carbocycles. The maximum Gasteiger partial charge on any atom is 0.160 e. The molecule has 0 saturated heterocycles. The van der Waals surface area contributed by atoms with Crippen molar-refractivity contribution < 1.29 is 9.47 Å². The van der Waals surface area contributed by atoms with Gasteiger partial charge in [0.15, 0.2) is 6.29 Å². The van der Waals surface area contributed by atoms with Crippen molar-refractivity contribution in [3.8, 4) is 0 Å². The number of hydrogen-bond donors (Lipinski definition) is 0. The Labute approximate surface area is 66.8 Å². The van der Waals surface area contributed by atoms with Crippen molar-refractivity contribution in [2.45, 2.75) is 19.6 Å². The summed E-state index contributed by atoms with van der Waals surface area (Å²) in [6, 6.07) is 0. The van der Waals surface area contributed by atoms with Crippen molar-refractivity contribution in [3.63, 3.8) is 0 Å². The van der Waals surface area contributed by atoms with Crippen LogP contribution in [0.15, 0.2) is 11.1 Å². The van der Waals surface area contributed by atoms with Gasteiger partial charge in [-0.15, -0.1) is 0 Å². The molecule has 3 heteroatoms. The summed E-state index contributed by atoms with van der Waals surface area (Å²) >= 11 is 5.44. The van der Waals surface area contributed by atoms with Crippen LogP contribution in [-0.4, -0.2) is 20.5 Å². The zero-order valence-electron chi connectivity index (χ0n) is 6.56. The number of rotatable bonds is 4. The Morgan fingerprint density at radius 2 is 2.00 bits per heavy atom. The fraction of sp³-hybridized carbons (Fsp3) is 0.714. The lowest BCUT2D eigenvalue weighted by atomic mass is 10.2. The third-order valence-corrected chi connectivity index (χ3v) is 1.57. The highest BCUT2D eigenvalue weighted by atomic mass is 35.5. The van der Waals surface area contributed by atoms with Crippen LogP contribution < -0.4 is 0 Å². The largest absolute Gasteiger partial charge is 0.356 e. The highest BCUT2D eigenvalue weighted by Crippen LogP contribution is 2.08. The topological polar surface area (TPSA) is 18.5 Å². The van der Waals surface area contributed by atoms with Crippen LogP contribution in [0.2, 0.25) is 0 Å². The van der Waals surface area contributed by atoms with Gasteiger partial charge in [0.05, 0.1) is 0 Å². The zero-order chi connectivity index (χ0) is 7.98. The molecule has 0 rings (SSSR count). The van der Waals surface area contributed by atoms with Gasteiger partial charge in [0.25, 0.3) is 0 Å². The van der Waals surface area contributed by atoms with Crippen LogP contribution in [0.4, 0.5) is 0 Å². The van der Waals surface area contributed by atoms with Gasteiger partial charge < -0.3 is 9.47 Å². The molecule has 0 fully saturated rings. The lowest BCUT2D eigenvalue weighted by molar-refractivity contribution is -0.100. The molecule has 0 atom stereocenters. The first-order chi connectivity index (χ1) is 4.74. The zero-order valence-corrected chi connectivity index (χ0v) is 7.31. The molecule has 0 radical (unpaired) electrons. The summed E-state index contributed by atoms with van der Waals surface area (Å²) in [7, 11) is 3.21. The first kappa shape index (κ1) is 9.95. The Hall–Kier alpha value is -0.0500. The Morgan fingerprint density at radius 3 is 2.30 bits per heavy atom. The molecule has 0 spiro atoms. The summed E-state index contributed by atoms with van der Waals surface area (Å²) in [4.78, 5) is 0. The molecule has 2 nitrogen and oxygen atoms in total. The fourth-order valence-corrected chi connectivity index (χ4v) is 0.659. The standard InChI is InChI=1S/C7H13ClO2/c1-6(5-8)4-7(9-2)10-3/h5,7H,4H2,1-3H3/b6-5+. The predicted molar refractivity (Wildman–Crippen MR) is 42.0 cm³/mol. The maximum atomic E-state index is 5.44. The van der Waals surface area contributed by atoms with Gasteiger partial charge >= 0.3 is 0 Å². The van der Waals surface area contributed by atoms with E-state index in [0.717, 1.165) is 12.0 Å². The molecule has 0 N–H and O–H groups in total. The molecule has 0 heterocycles. The second-order valence-corrected chi connectivity index (χ2v) is 2.28. The van der Waals surface area contributed by atoms with E-state index >= 15 is 0 Å². The Balaban J connectivity index is 3.63. The third kappa shape index (κ3) is 3.88. The van der Waals surface area contributed by atoms with Gasteiger partial charge in [-0.3, -0.25) is 0 Å². The van der Waals surface area contributed by atoms with Crippen molar-refractivity contribution in [3.05, 3.63) is 11.1 Å². The van der Waals surface area contributed by atoms with E-state index in [-0.39, 0.29) is 6.29 Å². The van der Waals surface area contributed by atoms with Crippen LogP contribution in [-0.2, 0) is 9.47 Å². The number of hydrogen-bond acceptors (Lipinski definition) is 2. The monoisotopic (exact) mass is 164 g/mol. The molecule has 0 aromatic heterocycles. The second kappa shape index (κ2) is 5.71. The van der Waals surface area contributed by atoms with Gasteiger partial charge in [0.2, 0.25) is 0 Å². The van der Waals surface area contributed by atoms with Gasteiger partial charge in [-0.1, -0.05) is 17.2 Å². The molecule has 0 aromatic rings. The normalized spacial score (nSPS) is 12.7. The summed E-state index contributed by atoms with van der Waals surface area (Å²) in [5.74, 6) is 0. The van der Waals surface area contributed by atoms with E-state index in [0.29, 0.717) is 0 Å². The average Bonchev–Trinajstić information content (AvgIpc) is 1.99. The van der Waals surface area contributed by atoms with Crippen LogP contribution in [0.3, 0.4) is 0 Å². The van der Waals surface area contributed by atoms with Crippen molar-refractivity contribution in [1.82, 2.24) is 0 Å². The van der Waals surface area contributed by atoms with Crippen molar-refractivity contribution in [1.29, 1.82) is 0 Å². The van der Waals surface area contributed by atoms with Gasteiger partial charge in [-0.25, -0.2) is 0 Å². The number of methoxy groups -OCH3 is 2. The van der Waals surface area contributed by atoms with Crippen LogP contribution in [0.25, 0.3) is 0 Å². The molecule has 0 bridgehead atoms. The van der Waals surface area contributed by atoms with Crippen molar-refractivity contribution >= 4 is 11.6 Å². The second-order valence-electron chi connectivity index (χ2n) is 2.06. The minimum Gasteiger partial charge on any atom is -0.356 e. The summed E-state index contributed by atoms with van der Waals surface area (Å²) < 4.78 is 9.90. The summed E-state index contributed by atoms with van der Waals surface area (Å²) in [6.07, 6.45) is 0.547. The molecule has 60 valence electrons. The molecule has 0 aliphatic heterocycles. The molecule has 0 unspecified atom stereocenters. The first-order valence-electron chi connectivity index (χ1n) is 3.06. The molecular weight excluding hydrogens is 152 g/mol. The average molecular weight is 165 g/mol. The van der Waals surface area contributed by atoms with Gasteiger partial charge in [0, 0.05) is 26.2 Å². The summed E-state index contributed by atoms with van der Waals surface area (Å²) in [6.45, 7) is 1.93. The fourth-order valence-electron chi connectivity index (χ4n) is 0.570. The SMILES string of the molecule is COC(C/C(C)=C/Cl)OC. The van der Waals surface area contributed by atoms with E-state index in [4.69, 9.17) is 21.1 Å². The lowest BCUT2D eigenvalue weighted by Gasteiger charge is -2.12. The highest BCUT2D eigenvalue weighted by Gasteiger charge is 2.04. The van der Waals surface area contributed by atoms with Gasteiger partial charge in [0.1, 0.15) is 0 Å². The van der Waals surface area contributed by atoms with Crippen LogP contribution in [0.1, 0.15) is 13.3 Å². The lowest BCUT2D eigenvalue weighted by Crippen LogP contribution is -2.12. The highest BCUT2D eigenvalue weighted by molar-refractivity contribution is 6.25. The van der Waals surface area contributed by atoms with E-state index in [9.17, 15) is 0 Å². The summed E-state index contributed by atoms with van der Waals surface area (Å²) in [5, 5.41) is 0. The summed E-state index contributed by atoms with van der Waals surface area (Å²) in [5.41, 5.74) is 2.58. The quantitative estimate of drug-likeness (QED) is 0.593. The molecular formula is C7H13ClO2. The van der Waals surface area contributed by atoms with E-state index in [1.54, 1.807) is 14.2 Å². The number of ether oxygens (including phenoxy) is 2. The Bertz CT molecular complexity index is 108. The van der Waals surface area contributed by atoms with Gasteiger partial charge in [-0.2, -0.15) is 0 Å². The molecule has 0 aliphatic rings. The molecule has 0 aliphatic carbocycles. The molecule has 0 aromatic carbocycles. The Kier molecular flexibility index (Phi) is 5.69. The van der Waals surface area contributed by atoms with E-state index in [2.05, 4.69) is 0 Å². The first-order valence-corrected chi connectivity index (χ1v) is 3.49. The molecule has 0 amide bonds. The van der Waals surface area contributed by atoms with E-state index < -0.39 is 0 Å². The van der Waals surface area contributed by atoms with E-state index in [1.165, 1.54) is 5.54 Å². The van der Waals surface area contributed by atoms with Crippen molar-refractivity contribution in [2.24, 2.45) is 0 Å². The van der Waals surface area contributed by atoms with Crippen molar-refractivity contribution in [2.75, 3.05) is 14.2 Å². The minimum absolute atomic E-state index is 0.171. The predicted octanol–water partition coefficient (Wildman–Crippen LogP) is 2.14. The molecule has 10 heavy (non-hydrogen) atoms. The van der Waals surface area contributed by atoms with E-state index in [1.807, 2.05) is 6.92 Å². The van der Waals surface area contributed by atoms with Crippen LogP contribution in [0, 0.1) is 0 Å². The van der Waals surface area contributed by atoms with Crippen LogP contribution in [0.5, 0.6) is 0 Å². The maximum absolute atomic E-state index is 5.44.